The minimum absolute atomic E-state index is 0.160. The lowest BCUT2D eigenvalue weighted by molar-refractivity contribution is 0.0779. The smallest absolute Gasteiger partial charge is 0.274 e. The number of pyridine rings is 1. The van der Waals surface area contributed by atoms with E-state index in [-0.39, 0.29) is 22.4 Å². The molecule has 1 amide bonds. The number of halogens is 1. The zero-order chi connectivity index (χ0) is 14.0. The molecule has 0 saturated carbocycles. The Morgan fingerprint density at radius 3 is 2.89 bits per heavy atom. The van der Waals surface area contributed by atoms with Gasteiger partial charge < -0.3 is 10.6 Å². The third-order valence-electron chi connectivity index (χ3n) is 2.59. The van der Waals surface area contributed by atoms with Crippen molar-refractivity contribution in [3.05, 3.63) is 40.8 Å². The number of nitrogens with two attached hydrogens (primary N) is 1. The van der Waals surface area contributed by atoms with Crippen LogP contribution in [0.2, 0.25) is 5.02 Å². The first-order valence-corrected chi connectivity index (χ1v) is 6.00. The van der Waals surface area contributed by atoms with Crippen molar-refractivity contribution in [2.75, 3.05) is 12.8 Å². The van der Waals surface area contributed by atoms with Gasteiger partial charge in [0.1, 0.15) is 11.5 Å². The van der Waals surface area contributed by atoms with Gasteiger partial charge in [0.05, 0.1) is 11.2 Å². The van der Waals surface area contributed by atoms with Gasteiger partial charge in [-0.2, -0.15) is 5.10 Å². The summed E-state index contributed by atoms with van der Waals surface area (Å²) in [6.45, 7) is 0.430. The second-order valence-electron chi connectivity index (χ2n) is 4.25. The van der Waals surface area contributed by atoms with Crippen molar-refractivity contribution in [1.82, 2.24) is 19.7 Å². The molecule has 7 heteroatoms. The Morgan fingerprint density at radius 1 is 1.53 bits per heavy atom. The molecular formula is C12H14ClN5O. The van der Waals surface area contributed by atoms with Crippen LogP contribution in [0.3, 0.4) is 0 Å². The maximum absolute atomic E-state index is 12.2. The van der Waals surface area contributed by atoms with Crippen LogP contribution in [0.15, 0.2) is 24.5 Å². The predicted molar refractivity (Wildman–Crippen MR) is 72.7 cm³/mol. The monoisotopic (exact) mass is 279 g/mol. The van der Waals surface area contributed by atoms with Crippen LogP contribution in [-0.4, -0.2) is 32.6 Å². The number of hydrogen-bond acceptors (Lipinski definition) is 4. The number of nitrogens with zero attached hydrogens (tertiary/aromatic N) is 4. The number of anilines is 1. The molecule has 19 heavy (non-hydrogen) atoms. The summed E-state index contributed by atoms with van der Waals surface area (Å²) >= 11 is 5.96. The van der Waals surface area contributed by atoms with Crippen LogP contribution in [0, 0.1) is 0 Å². The summed E-state index contributed by atoms with van der Waals surface area (Å²) in [5, 5.41) is 4.34. The van der Waals surface area contributed by atoms with E-state index in [1.165, 1.54) is 4.90 Å². The highest BCUT2D eigenvalue weighted by atomic mass is 35.5. The highest BCUT2D eigenvalue weighted by Crippen LogP contribution is 2.17. The third kappa shape index (κ3) is 3.03. The number of aryl methyl sites for hydroxylation is 1. The summed E-state index contributed by atoms with van der Waals surface area (Å²) in [5.41, 5.74) is 6.66. The summed E-state index contributed by atoms with van der Waals surface area (Å²) in [6.07, 6.45) is 3.55. The molecule has 0 radical (unpaired) electrons. The molecule has 2 aromatic rings. The van der Waals surface area contributed by atoms with Gasteiger partial charge in [-0.05, 0) is 12.1 Å². The van der Waals surface area contributed by atoms with E-state index in [4.69, 9.17) is 17.3 Å². The van der Waals surface area contributed by atoms with E-state index < -0.39 is 0 Å². The van der Waals surface area contributed by atoms with E-state index in [9.17, 15) is 4.79 Å². The molecule has 0 aliphatic rings. The molecule has 0 saturated heterocycles. The molecule has 0 fully saturated rings. The fourth-order valence-corrected chi connectivity index (χ4v) is 1.87. The highest BCUT2D eigenvalue weighted by molar-refractivity contribution is 6.33. The van der Waals surface area contributed by atoms with Crippen molar-refractivity contribution >= 4 is 23.3 Å². The average molecular weight is 280 g/mol. The maximum Gasteiger partial charge on any atom is 0.274 e. The zero-order valence-corrected chi connectivity index (χ0v) is 11.4. The minimum Gasteiger partial charge on any atom is -0.384 e. The van der Waals surface area contributed by atoms with Crippen LogP contribution in [0.25, 0.3) is 0 Å². The predicted octanol–water partition coefficient (Wildman–Crippen LogP) is 1.32. The molecule has 2 aromatic heterocycles. The number of rotatable bonds is 3. The summed E-state index contributed by atoms with van der Waals surface area (Å²) in [4.78, 5) is 17.7. The minimum atomic E-state index is -0.277. The highest BCUT2D eigenvalue weighted by Gasteiger charge is 2.17. The molecule has 2 heterocycles. The first kappa shape index (κ1) is 13.4. The van der Waals surface area contributed by atoms with Gasteiger partial charge in [-0.15, -0.1) is 0 Å². The van der Waals surface area contributed by atoms with E-state index in [0.29, 0.717) is 6.54 Å². The molecule has 0 spiro atoms. The van der Waals surface area contributed by atoms with Gasteiger partial charge in [-0.3, -0.25) is 9.48 Å². The molecule has 0 aromatic carbocycles. The molecular weight excluding hydrogens is 266 g/mol. The standard InChI is InChI=1S/C12H14ClN5O/c1-17(6-8-5-15-18(2)7-8)12(19)11-9(13)3-4-10(14)16-11/h3-5,7H,6H2,1-2H3,(H2,14,16). The third-order valence-corrected chi connectivity index (χ3v) is 2.90. The number of nitrogen functional groups attached to an aromatic ring is 1. The first-order valence-electron chi connectivity index (χ1n) is 5.62. The number of hydrogen-bond donors (Lipinski definition) is 1. The van der Waals surface area contributed by atoms with E-state index >= 15 is 0 Å². The fraction of sp³-hybridized carbons (Fsp3) is 0.250. The summed E-state index contributed by atoms with van der Waals surface area (Å²) in [5.74, 6) is -0.0105. The topological polar surface area (TPSA) is 77.0 Å². The fourth-order valence-electron chi connectivity index (χ4n) is 1.69. The van der Waals surface area contributed by atoms with Gasteiger partial charge in [-0.25, -0.2) is 4.98 Å². The second kappa shape index (κ2) is 5.27. The van der Waals surface area contributed by atoms with Gasteiger partial charge in [0.15, 0.2) is 0 Å². The van der Waals surface area contributed by atoms with Crippen molar-refractivity contribution < 1.29 is 4.79 Å². The van der Waals surface area contributed by atoms with Gasteiger partial charge in [0.25, 0.3) is 5.91 Å². The number of aromatic nitrogens is 3. The van der Waals surface area contributed by atoms with E-state index in [0.717, 1.165) is 5.56 Å². The lowest BCUT2D eigenvalue weighted by Crippen LogP contribution is -2.27. The molecule has 2 rings (SSSR count). The quantitative estimate of drug-likeness (QED) is 0.919. The van der Waals surface area contributed by atoms with Crippen molar-refractivity contribution in [1.29, 1.82) is 0 Å². The Bertz CT molecular complexity index is 610. The Morgan fingerprint density at radius 2 is 2.26 bits per heavy atom. The van der Waals surface area contributed by atoms with E-state index in [1.807, 2.05) is 13.2 Å². The normalized spacial score (nSPS) is 10.5. The Hall–Kier alpha value is -2.08. The van der Waals surface area contributed by atoms with E-state index in [1.54, 1.807) is 30.1 Å². The summed E-state index contributed by atoms with van der Waals surface area (Å²) < 4.78 is 1.68. The molecule has 2 N–H and O–H groups in total. The molecule has 0 atom stereocenters. The summed E-state index contributed by atoms with van der Waals surface area (Å²) in [6, 6.07) is 3.12. The zero-order valence-electron chi connectivity index (χ0n) is 10.7. The van der Waals surface area contributed by atoms with Crippen molar-refractivity contribution in [2.24, 2.45) is 7.05 Å². The van der Waals surface area contributed by atoms with Gasteiger partial charge >= 0.3 is 0 Å². The average Bonchev–Trinajstić information content (AvgIpc) is 2.77. The SMILES string of the molecule is CN(Cc1cnn(C)c1)C(=O)c1nc(N)ccc1Cl. The molecule has 0 aliphatic heterocycles. The van der Waals surface area contributed by atoms with Crippen molar-refractivity contribution in [3.8, 4) is 0 Å². The van der Waals surface area contributed by atoms with E-state index in [2.05, 4.69) is 10.1 Å². The van der Waals surface area contributed by atoms with Gasteiger partial charge in [0.2, 0.25) is 0 Å². The van der Waals surface area contributed by atoms with Crippen LogP contribution in [-0.2, 0) is 13.6 Å². The second-order valence-corrected chi connectivity index (χ2v) is 4.66. The largest absolute Gasteiger partial charge is 0.384 e. The number of carbonyl (C=O) groups excluding carboxylic acids is 1. The first-order chi connectivity index (χ1) is 8.97. The lowest BCUT2D eigenvalue weighted by Gasteiger charge is -2.16. The van der Waals surface area contributed by atoms with Crippen LogP contribution in [0.5, 0.6) is 0 Å². The van der Waals surface area contributed by atoms with Crippen LogP contribution in [0.1, 0.15) is 16.1 Å². The molecule has 0 bridgehead atoms. The van der Waals surface area contributed by atoms with Crippen molar-refractivity contribution in [3.63, 3.8) is 0 Å². The van der Waals surface area contributed by atoms with Crippen molar-refractivity contribution in [2.45, 2.75) is 6.54 Å². The van der Waals surface area contributed by atoms with Crippen LogP contribution in [0.4, 0.5) is 5.82 Å². The molecule has 100 valence electrons. The Balaban J connectivity index is 2.16. The Labute approximate surface area is 115 Å². The van der Waals surface area contributed by atoms with Gasteiger partial charge in [0, 0.05) is 32.4 Å². The van der Waals surface area contributed by atoms with Gasteiger partial charge in [-0.1, -0.05) is 11.6 Å². The lowest BCUT2D eigenvalue weighted by atomic mass is 10.3. The molecule has 0 unspecified atom stereocenters. The van der Waals surface area contributed by atoms with Crippen LogP contribution < -0.4 is 5.73 Å². The molecule has 6 nitrogen and oxygen atoms in total. The Kier molecular flexibility index (Phi) is 3.71. The summed E-state index contributed by atoms with van der Waals surface area (Å²) in [7, 11) is 3.50. The van der Waals surface area contributed by atoms with Crippen LogP contribution >= 0.6 is 11.6 Å². The number of carbonyl (C=O) groups is 1. The number of amides is 1. The molecule has 0 aliphatic carbocycles. The maximum atomic E-state index is 12.2.